The molecule has 0 bridgehead atoms. The lowest BCUT2D eigenvalue weighted by atomic mass is 10.0. The summed E-state index contributed by atoms with van der Waals surface area (Å²) in [6.07, 6.45) is 1.88. The summed E-state index contributed by atoms with van der Waals surface area (Å²) in [5, 5.41) is 3.14. The maximum Gasteiger partial charge on any atom is 0.252 e. The Morgan fingerprint density at radius 3 is 2.29 bits per heavy atom. The van der Waals surface area contributed by atoms with Crippen LogP contribution in [-0.4, -0.2) is 20.1 Å². The number of nitrogens with one attached hydrogen (secondary N) is 1. The summed E-state index contributed by atoms with van der Waals surface area (Å²) in [7, 11) is 3.16. The third-order valence-electron chi connectivity index (χ3n) is 4.06. The number of ether oxygens (including phenoxy) is 2. The van der Waals surface area contributed by atoms with Gasteiger partial charge in [-0.2, -0.15) is 0 Å². The highest BCUT2D eigenvalue weighted by molar-refractivity contribution is 5.96. The van der Waals surface area contributed by atoms with E-state index in [-0.39, 0.29) is 11.9 Å². The number of hydrogen-bond acceptors (Lipinski definition) is 3. The molecular formula is C20H25NO3. The zero-order valence-electron chi connectivity index (χ0n) is 14.8. The standard InChI is InChI=1S/C20H25NO3/c1-5-9-17(15-10-7-6-8-11-15)21-20(22)16-13-19(24-4)18(23-3)12-14(16)2/h6-8,10-13,17H,5,9H2,1-4H3,(H,21,22). The Labute approximate surface area is 143 Å². The summed E-state index contributed by atoms with van der Waals surface area (Å²) in [6, 6.07) is 13.6. The molecule has 4 heteroatoms. The number of rotatable bonds is 7. The highest BCUT2D eigenvalue weighted by Gasteiger charge is 2.18. The van der Waals surface area contributed by atoms with Crippen molar-refractivity contribution in [3.05, 3.63) is 59.2 Å². The van der Waals surface area contributed by atoms with E-state index < -0.39 is 0 Å². The molecule has 2 aromatic carbocycles. The van der Waals surface area contributed by atoms with Crippen LogP contribution in [0.3, 0.4) is 0 Å². The molecule has 0 aromatic heterocycles. The monoisotopic (exact) mass is 327 g/mol. The van der Waals surface area contributed by atoms with Crippen molar-refractivity contribution < 1.29 is 14.3 Å². The first kappa shape index (κ1) is 17.9. The van der Waals surface area contributed by atoms with Crippen LogP contribution in [0.1, 0.15) is 47.3 Å². The summed E-state index contributed by atoms with van der Waals surface area (Å²) in [4.78, 5) is 12.8. The Balaban J connectivity index is 2.27. The molecule has 0 spiro atoms. The predicted molar refractivity (Wildman–Crippen MR) is 95.8 cm³/mol. The Hall–Kier alpha value is -2.49. The minimum atomic E-state index is -0.101. The average Bonchev–Trinajstić information content (AvgIpc) is 2.61. The lowest BCUT2D eigenvalue weighted by molar-refractivity contribution is 0.0933. The molecule has 0 fully saturated rings. The number of carbonyl (C=O) groups is 1. The summed E-state index contributed by atoms with van der Waals surface area (Å²) in [6.45, 7) is 4.01. The highest BCUT2D eigenvalue weighted by atomic mass is 16.5. The molecule has 2 aromatic rings. The fraction of sp³-hybridized carbons (Fsp3) is 0.350. The Morgan fingerprint density at radius 2 is 1.71 bits per heavy atom. The Morgan fingerprint density at radius 1 is 1.08 bits per heavy atom. The van der Waals surface area contributed by atoms with Crippen molar-refractivity contribution in [2.24, 2.45) is 0 Å². The van der Waals surface area contributed by atoms with E-state index in [0.717, 1.165) is 24.0 Å². The number of benzene rings is 2. The zero-order chi connectivity index (χ0) is 17.5. The van der Waals surface area contributed by atoms with Gasteiger partial charge in [-0.15, -0.1) is 0 Å². The van der Waals surface area contributed by atoms with Gasteiger partial charge in [0, 0.05) is 5.56 Å². The number of amides is 1. The average molecular weight is 327 g/mol. The van der Waals surface area contributed by atoms with Crippen LogP contribution in [0.5, 0.6) is 11.5 Å². The normalized spacial score (nSPS) is 11.7. The summed E-state index contributed by atoms with van der Waals surface area (Å²) >= 11 is 0. The van der Waals surface area contributed by atoms with Crippen molar-refractivity contribution in [1.82, 2.24) is 5.32 Å². The largest absolute Gasteiger partial charge is 0.493 e. The lowest BCUT2D eigenvalue weighted by Crippen LogP contribution is -2.29. The Bertz CT molecular complexity index is 683. The van der Waals surface area contributed by atoms with Gasteiger partial charge in [-0.1, -0.05) is 43.7 Å². The Kier molecular flexibility index (Phi) is 6.24. The van der Waals surface area contributed by atoms with E-state index >= 15 is 0 Å². The maximum absolute atomic E-state index is 12.8. The van der Waals surface area contributed by atoms with E-state index in [1.807, 2.05) is 43.3 Å². The molecule has 1 unspecified atom stereocenters. The van der Waals surface area contributed by atoms with Crippen LogP contribution in [-0.2, 0) is 0 Å². The van der Waals surface area contributed by atoms with Crippen LogP contribution in [0.25, 0.3) is 0 Å². The number of methoxy groups -OCH3 is 2. The van der Waals surface area contributed by atoms with Crippen molar-refractivity contribution in [2.45, 2.75) is 32.7 Å². The van der Waals surface area contributed by atoms with Crippen LogP contribution >= 0.6 is 0 Å². The molecule has 2 rings (SSSR count). The second-order valence-corrected chi connectivity index (χ2v) is 5.75. The van der Waals surface area contributed by atoms with Crippen molar-refractivity contribution in [3.63, 3.8) is 0 Å². The van der Waals surface area contributed by atoms with Gasteiger partial charge < -0.3 is 14.8 Å². The van der Waals surface area contributed by atoms with Gasteiger partial charge in [0.1, 0.15) is 0 Å². The second kappa shape index (κ2) is 8.39. The summed E-state index contributed by atoms with van der Waals surface area (Å²) < 4.78 is 10.6. The molecule has 0 radical (unpaired) electrons. The first-order valence-corrected chi connectivity index (χ1v) is 8.19. The summed E-state index contributed by atoms with van der Waals surface area (Å²) in [5.41, 5.74) is 2.57. The quantitative estimate of drug-likeness (QED) is 0.825. The molecule has 0 aliphatic carbocycles. The number of aryl methyl sites for hydroxylation is 1. The van der Waals surface area contributed by atoms with Crippen molar-refractivity contribution in [1.29, 1.82) is 0 Å². The maximum atomic E-state index is 12.8. The molecule has 0 aliphatic rings. The minimum Gasteiger partial charge on any atom is -0.493 e. The number of hydrogen-bond donors (Lipinski definition) is 1. The summed E-state index contributed by atoms with van der Waals surface area (Å²) in [5.74, 6) is 1.08. The van der Waals surface area contributed by atoms with E-state index in [0.29, 0.717) is 17.1 Å². The first-order chi connectivity index (χ1) is 11.6. The molecule has 0 aliphatic heterocycles. The topological polar surface area (TPSA) is 47.6 Å². The van der Waals surface area contributed by atoms with Crippen LogP contribution in [0, 0.1) is 6.92 Å². The third-order valence-corrected chi connectivity index (χ3v) is 4.06. The van der Waals surface area contributed by atoms with Gasteiger partial charge in [-0.25, -0.2) is 0 Å². The highest BCUT2D eigenvalue weighted by Crippen LogP contribution is 2.30. The van der Waals surface area contributed by atoms with Gasteiger partial charge >= 0.3 is 0 Å². The van der Waals surface area contributed by atoms with Crippen molar-refractivity contribution in [2.75, 3.05) is 14.2 Å². The van der Waals surface area contributed by atoms with Crippen LogP contribution in [0.4, 0.5) is 0 Å². The van der Waals surface area contributed by atoms with Crippen molar-refractivity contribution >= 4 is 5.91 Å². The van der Waals surface area contributed by atoms with Crippen LogP contribution < -0.4 is 14.8 Å². The smallest absolute Gasteiger partial charge is 0.252 e. The van der Waals surface area contributed by atoms with E-state index in [2.05, 4.69) is 12.2 Å². The number of carbonyl (C=O) groups excluding carboxylic acids is 1. The van der Waals surface area contributed by atoms with Gasteiger partial charge in [-0.3, -0.25) is 4.79 Å². The predicted octanol–water partition coefficient (Wildman–Crippen LogP) is 4.28. The van der Waals surface area contributed by atoms with Gasteiger partial charge in [-0.05, 0) is 36.6 Å². The van der Waals surface area contributed by atoms with Crippen LogP contribution in [0.2, 0.25) is 0 Å². The van der Waals surface area contributed by atoms with E-state index in [1.165, 1.54) is 0 Å². The van der Waals surface area contributed by atoms with E-state index in [4.69, 9.17) is 9.47 Å². The zero-order valence-corrected chi connectivity index (χ0v) is 14.8. The first-order valence-electron chi connectivity index (χ1n) is 8.19. The van der Waals surface area contributed by atoms with E-state index in [1.54, 1.807) is 20.3 Å². The molecule has 128 valence electrons. The molecule has 0 saturated carbocycles. The van der Waals surface area contributed by atoms with Gasteiger partial charge in [0.15, 0.2) is 11.5 Å². The molecule has 0 heterocycles. The molecule has 24 heavy (non-hydrogen) atoms. The fourth-order valence-electron chi connectivity index (χ4n) is 2.76. The van der Waals surface area contributed by atoms with Gasteiger partial charge in [0.05, 0.1) is 20.3 Å². The minimum absolute atomic E-state index is 0.00352. The molecule has 1 amide bonds. The molecule has 1 N–H and O–H groups in total. The molecule has 1 atom stereocenters. The van der Waals surface area contributed by atoms with Gasteiger partial charge in [0.25, 0.3) is 5.91 Å². The van der Waals surface area contributed by atoms with E-state index in [9.17, 15) is 4.79 Å². The molecule has 4 nitrogen and oxygen atoms in total. The molecular weight excluding hydrogens is 302 g/mol. The molecule has 0 saturated heterocycles. The lowest BCUT2D eigenvalue weighted by Gasteiger charge is -2.20. The van der Waals surface area contributed by atoms with Crippen molar-refractivity contribution in [3.8, 4) is 11.5 Å². The van der Waals surface area contributed by atoms with Gasteiger partial charge in [0.2, 0.25) is 0 Å². The third kappa shape index (κ3) is 4.07. The van der Waals surface area contributed by atoms with Crippen LogP contribution in [0.15, 0.2) is 42.5 Å². The second-order valence-electron chi connectivity index (χ2n) is 5.75. The fourth-order valence-corrected chi connectivity index (χ4v) is 2.76. The SMILES string of the molecule is CCCC(NC(=O)c1cc(OC)c(OC)cc1C)c1ccccc1.